The molecular formula is C28H34N2O5. The van der Waals surface area contributed by atoms with Gasteiger partial charge in [0.1, 0.15) is 12.6 Å². The first-order valence-corrected chi connectivity index (χ1v) is 12.5. The first-order chi connectivity index (χ1) is 16.9. The number of carbonyl (C=O) groups is 3. The van der Waals surface area contributed by atoms with Crippen LogP contribution in [0, 0.1) is 11.8 Å². The molecule has 35 heavy (non-hydrogen) atoms. The standard InChI is InChI=1S/C28H34N2O5/c1-3-17(2)25(27(32)33)30-26(31)18-9-8-10-19(15-18)29-28(34)35-16-24-22-13-6-4-11-20(22)21-12-5-7-14-23(21)24/h4-7,11-14,17-19,24-25H,3,8-10,15-16H2,1-2H3,(H,29,34)(H,30,31)(H,32,33)/t17?,18-,19-,25+/m1/s1. The highest BCUT2D eigenvalue weighted by Gasteiger charge is 2.33. The van der Waals surface area contributed by atoms with Crippen molar-refractivity contribution in [3.63, 3.8) is 0 Å². The van der Waals surface area contributed by atoms with E-state index in [1.165, 1.54) is 11.1 Å². The highest BCUT2D eigenvalue weighted by molar-refractivity contribution is 5.85. The molecule has 0 aliphatic heterocycles. The van der Waals surface area contributed by atoms with Crippen LogP contribution in [-0.2, 0) is 14.3 Å². The molecule has 0 bridgehead atoms. The molecule has 0 spiro atoms. The average molecular weight is 479 g/mol. The third-order valence-electron chi connectivity index (χ3n) is 7.49. The summed E-state index contributed by atoms with van der Waals surface area (Å²) < 4.78 is 5.65. The molecule has 0 saturated heterocycles. The van der Waals surface area contributed by atoms with E-state index in [2.05, 4.69) is 34.9 Å². The zero-order valence-corrected chi connectivity index (χ0v) is 20.3. The smallest absolute Gasteiger partial charge is 0.407 e. The van der Waals surface area contributed by atoms with E-state index in [1.54, 1.807) is 0 Å². The van der Waals surface area contributed by atoms with Gasteiger partial charge in [-0.1, -0.05) is 75.2 Å². The van der Waals surface area contributed by atoms with Crippen LogP contribution in [0.25, 0.3) is 11.1 Å². The lowest BCUT2D eigenvalue weighted by Gasteiger charge is -2.30. The third kappa shape index (κ3) is 5.50. The second-order valence-electron chi connectivity index (χ2n) is 9.74. The largest absolute Gasteiger partial charge is 0.480 e. The monoisotopic (exact) mass is 478 g/mol. The summed E-state index contributed by atoms with van der Waals surface area (Å²) in [7, 11) is 0. The maximum atomic E-state index is 12.8. The van der Waals surface area contributed by atoms with Crippen molar-refractivity contribution in [2.45, 2.75) is 64.0 Å². The fourth-order valence-electron chi connectivity index (χ4n) is 5.32. The lowest BCUT2D eigenvalue weighted by atomic mass is 9.84. The highest BCUT2D eigenvalue weighted by atomic mass is 16.5. The fourth-order valence-corrected chi connectivity index (χ4v) is 5.32. The Morgan fingerprint density at radius 3 is 2.26 bits per heavy atom. The van der Waals surface area contributed by atoms with Crippen molar-refractivity contribution in [2.75, 3.05) is 6.61 Å². The van der Waals surface area contributed by atoms with Crippen LogP contribution >= 0.6 is 0 Å². The SMILES string of the molecule is CCC(C)[C@H](NC(=O)[C@@H]1CCC[C@@H](NC(=O)OCC2c3ccccc3-c3ccccc32)C1)C(=O)O. The molecule has 3 N–H and O–H groups in total. The van der Waals surface area contributed by atoms with Gasteiger partial charge in [-0.15, -0.1) is 0 Å². The van der Waals surface area contributed by atoms with E-state index in [0.717, 1.165) is 24.0 Å². The molecule has 2 aliphatic rings. The molecule has 0 aromatic heterocycles. The van der Waals surface area contributed by atoms with Crippen molar-refractivity contribution in [1.82, 2.24) is 10.6 Å². The summed E-state index contributed by atoms with van der Waals surface area (Å²) in [6, 6.07) is 15.3. The van der Waals surface area contributed by atoms with Crippen LogP contribution in [0.3, 0.4) is 0 Å². The molecule has 1 saturated carbocycles. The van der Waals surface area contributed by atoms with Gasteiger partial charge < -0.3 is 20.5 Å². The van der Waals surface area contributed by atoms with Gasteiger partial charge in [0.25, 0.3) is 0 Å². The molecule has 1 fully saturated rings. The molecule has 4 rings (SSSR count). The number of alkyl carbamates (subject to hydrolysis) is 1. The number of fused-ring (bicyclic) bond motifs is 3. The Hall–Kier alpha value is -3.35. The molecule has 4 atom stereocenters. The van der Waals surface area contributed by atoms with Crippen molar-refractivity contribution in [2.24, 2.45) is 11.8 Å². The van der Waals surface area contributed by atoms with Crippen molar-refractivity contribution in [1.29, 1.82) is 0 Å². The van der Waals surface area contributed by atoms with Crippen LogP contribution in [0.5, 0.6) is 0 Å². The Morgan fingerprint density at radius 1 is 1.03 bits per heavy atom. The van der Waals surface area contributed by atoms with E-state index in [-0.39, 0.29) is 36.3 Å². The summed E-state index contributed by atoms with van der Waals surface area (Å²) in [4.78, 5) is 37.0. The first kappa shape index (κ1) is 24.8. The maximum absolute atomic E-state index is 12.8. The van der Waals surface area contributed by atoms with Gasteiger partial charge in [0.15, 0.2) is 0 Å². The van der Waals surface area contributed by atoms with E-state index < -0.39 is 18.1 Å². The summed E-state index contributed by atoms with van der Waals surface area (Å²) in [5.74, 6) is -1.76. The van der Waals surface area contributed by atoms with Crippen molar-refractivity contribution >= 4 is 18.0 Å². The Labute approximate surface area is 206 Å². The summed E-state index contributed by atoms with van der Waals surface area (Å²) >= 11 is 0. The molecular weight excluding hydrogens is 444 g/mol. The Kier molecular flexibility index (Phi) is 7.73. The van der Waals surface area contributed by atoms with Gasteiger partial charge in [0.05, 0.1) is 0 Å². The van der Waals surface area contributed by atoms with Crippen LogP contribution in [0.1, 0.15) is 63.0 Å². The number of benzene rings is 2. The minimum absolute atomic E-state index is 0.00783. The minimum Gasteiger partial charge on any atom is -0.480 e. The Balaban J connectivity index is 1.32. The molecule has 1 unspecified atom stereocenters. The van der Waals surface area contributed by atoms with E-state index in [4.69, 9.17) is 4.74 Å². The first-order valence-electron chi connectivity index (χ1n) is 12.5. The average Bonchev–Trinajstić information content (AvgIpc) is 3.19. The van der Waals surface area contributed by atoms with Crippen LogP contribution in [0.4, 0.5) is 4.79 Å². The molecule has 2 amide bonds. The van der Waals surface area contributed by atoms with Crippen molar-refractivity contribution < 1.29 is 24.2 Å². The van der Waals surface area contributed by atoms with Gasteiger partial charge in [-0.3, -0.25) is 4.79 Å². The number of rotatable bonds is 8. The Morgan fingerprint density at radius 2 is 1.66 bits per heavy atom. The van der Waals surface area contributed by atoms with Gasteiger partial charge in [0.2, 0.25) is 5.91 Å². The summed E-state index contributed by atoms with van der Waals surface area (Å²) in [6.07, 6.45) is 2.88. The van der Waals surface area contributed by atoms with Crippen LogP contribution in [0.2, 0.25) is 0 Å². The van der Waals surface area contributed by atoms with Crippen molar-refractivity contribution in [3.05, 3.63) is 59.7 Å². The zero-order chi connectivity index (χ0) is 24.9. The van der Waals surface area contributed by atoms with Gasteiger partial charge in [-0.25, -0.2) is 9.59 Å². The van der Waals surface area contributed by atoms with E-state index in [1.807, 2.05) is 38.1 Å². The number of nitrogens with one attached hydrogen (secondary N) is 2. The highest BCUT2D eigenvalue weighted by Crippen LogP contribution is 2.44. The van der Waals surface area contributed by atoms with E-state index >= 15 is 0 Å². The second-order valence-corrected chi connectivity index (χ2v) is 9.74. The quantitative estimate of drug-likeness (QED) is 0.510. The van der Waals surface area contributed by atoms with Crippen LogP contribution in [-0.4, -0.2) is 41.8 Å². The number of hydrogen-bond acceptors (Lipinski definition) is 4. The molecule has 7 heteroatoms. The van der Waals surface area contributed by atoms with Crippen LogP contribution in [0.15, 0.2) is 48.5 Å². The third-order valence-corrected chi connectivity index (χ3v) is 7.49. The Bertz CT molecular complexity index is 1040. The molecule has 186 valence electrons. The molecule has 0 heterocycles. The molecule has 2 aliphatic carbocycles. The van der Waals surface area contributed by atoms with Gasteiger partial charge >= 0.3 is 12.1 Å². The van der Waals surface area contributed by atoms with E-state index in [0.29, 0.717) is 19.3 Å². The number of ether oxygens (including phenoxy) is 1. The van der Waals surface area contributed by atoms with Gasteiger partial charge in [-0.05, 0) is 47.4 Å². The second kappa shape index (κ2) is 10.9. The summed E-state index contributed by atoms with van der Waals surface area (Å²) in [5, 5.41) is 15.1. The van der Waals surface area contributed by atoms with Gasteiger partial charge in [0, 0.05) is 17.9 Å². The summed E-state index contributed by atoms with van der Waals surface area (Å²) in [6.45, 7) is 3.97. The number of carboxylic acid groups (broad SMARTS) is 1. The number of carbonyl (C=O) groups excluding carboxylic acids is 2. The lowest BCUT2D eigenvalue weighted by Crippen LogP contribution is -2.49. The van der Waals surface area contributed by atoms with Crippen LogP contribution < -0.4 is 10.6 Å². The lowest BCUT2D eigenvalue weighted by molar-refractivity contribution is -0.144. The molecule has 7 nitrogen and oxygen atoms in total. The fraction of sp³-hybridized carbons (Fsp3) is 0.464. The molecule has 0 radical (unpaired) electrons. The summed E-state index contributed by atoms with van der Waals surface area (Å²) in [5.41, 5.74) is 4.67. The number of carboxylic acids is 1. The number of hydrogen-bond donors (Lipinski definition) is 3. The number of amides is 2. The van der Waals surface area contributed by atoms with E-state index in [9.17, 15) is 19.5 Å². The molecule has 2 aromatic carbocycles. The van der Waals surface area contributed by atoms with Crippen molar-refractivity contribution in [3.8, 4) is 11.1 Å². The van der Waals surface area contributed by atoms with Gasteiger partial charge in [-0.2, -0.15) is 0 Å². The topological polar surface area (TPSA) is 105 Å². The predicted octanol–water partition coefficient (Wildman–Crippen LogP) is 4.70. The normalized spacial score (nSPS) is 20.7. The number of aliphatic carboxylic acids is 1. The minimum atomic E-state index is -1.02. The maximum Gasteiger partial charge on any atom is 0.407 e. The molecule has 2 aromatic rings. The zero-order valence-electron chi connectivity index (χ0n) is 20.3. The predicted molar refractivity (Wildman–Crippen MR) is 133 cm³/mol.